The average molecular weight is 230 g/mol. The molecule has 0 saturated carbocycles. The SMILES string of the molecule is CNC(=O)C=Cc1cccc2c1C(=O)NC2=O. The minimum Gasteiger partial charge on any atom is -0.356 e. The largest absolute Gasteiger partial charge is 0.356 e. The molecule has 1 aromatic carbocycles. The van der Waals surface area contributed by atoms with E-state index in [0.717, 1.165) is 0 Å². The van der Waals surface area contributed by atoms with E-state index < -0.39 is 11.8 Å². The lowest BCUT2D eigenvalue weighted by atomic mass is 10.0. The second-order valence-corrected chi connectivity index (χ2v) is 3.50. The van der Waals surface area contributed by atoms with Crippen LogP contribution in [0.1, 0.15) is 26.3 Å². The number of benzene rings is 1. The van der Waals surface area contributed by atoms with E-state index in [-0.39, 0.29) is 5.91 Å². The van der Waals surface area contributed by atoms with E-state index in [1.165, 1.54) is 19.2 Å². The molecule has 1 aliphatic heterocycles. The predicted octanol–water partition coefficient (Wildman–Crippen LogP) is 0.329. The van der Waals surface area contributed by atoms with Crippen LogP contribution in [0.3, 0.4) is 0 Å². The summed E-state index contributed by atoms with van der Waals surface area (Å²) in [6.07, 6.45) is 2.82. The fourth-order valence-corrected chi connectivity index (χ4v) is 1.63. The Morgan fingerprint density at radius 3 is 2.76 bits per heavy atom. The minimum absolute atomic E-state index is 0.271. The van der Waals surface area contributed by atoms with Crippen LogP contribution < -0.4 is 10.6 Å². The molecule has 3 amide bonds. The molecule has 1 aromatic rings. The van der Waals surface area contributed by atoms with Crippen molar-refractivity contribution >= 4 is 23.8 Å². The summed E-state index contributed by atoms with van der Waals surface area (Å²) in [5.41, 5.74) is 1.21. The van der Waals surface area contributed by atoms with Gasteiger partial charge in [-0.15, -0.1) is 0 Å². The highest BCUT2D eigenvalue weighted by Gasteiger charge is 2.28. The third kappa shape index (κ3) is 1.94. The van der Waals surface area contributed by atoms with Crippen molar-refractivity contribution in [2.75, 3.05) is 7.05 Å². The van der Waals surface area contributed by atoms with Crippen LogP contribution >= 0.6 is 0 Å². The monoisotopic (exact) mass is 230 g/mol. The molecule has 17 heavy (non-hydrogen) atoms. The number of hydrogen-bond donors (Lipinski definition) is 2. The van der Waals surface area contributed by atoms with Crippen molar-refractivity contribution in [2.24, 2.45) is 0 Å². The maximum Gasteiger partial charge on any atom is 0.259 e. The first-order chi connectivity index (χ1) is 8.13. The zero-order chi connectivity index (χ0) is 12.4. The van der Waals surface area contributed by atoms with Gasteiger partial charge in [0.1, 0.15) is 0 Å². The first-order valence-corrected chi connectivity index (χ1v) is 5.02. The number of fused-ring (bicyclic) bond motifs is 1. The van der Waals surface area contributed by atoms with E-state index in [1.54, 1.807) is 18.2 Å². The summed E-state index contributed by atoms with van der Waals surface area (Å²) >= 11 is 0. The summed E-state index contributed by atoms with van der Waals surface area (Å²) in [6, 6.07) is 4.92. The van der Waals surface area contributed by atoms with Crippen LogP contribution in [0.2, 0.25) is 0 Å². The lowest BCUT2D eigenvalue weighted by Crippen LogP contribution is -2.20. The van der Waals surface area contributed by atoms with Gasteiger partial charge >= 0.3 is 0 Å². The van der Waals surface area contributed by atoms with Crippen LogP contribution in [0, 0.1) is 0 Å². The fourth-order valence-electron chi connectivity index (χ4n) is 1.63. The van der Waals surface area contributed by atoms with E-state index in [0.29, 0.717) is 16.7 Å². The molecule has 86 valence electrons. The van der Waals surface area contributed by atoms with Gasteiger partial charge in [-0.05, 0) is 17.7 Å². The number of hydrogen-bond acceptors (Lipinski definition) is 3. The molecular formula is C12H10N2O3. The highest BCUT2D eigenvalue weighted by molar-refractivity contribution is 6.23. The van der Waals surface area contributed by atoms with Gasteiger partial charge in [0.05, 0.1) is 11.1 Å². The lowest BCUT2D eigenvalue weighted by Gasteiger charge is -1.99. The Labute approximate surface area is 97.5 Å². The maximum absolute atomic E-state index is 11.5. The molecule has 0 unspecified atom stereocenters. The van der Waals surface area contributed by atoms with E-state index in [9.17, 15) is 14.4 Å². The Kier molecular flexibility index (Phi) is 2.74. The average Bonchev–Trinajstić information content (AvgIpc) is 2.63. The fraction of sp³-hybridized carbons (Fsp3) is 0.0833. The van der Waals surface area contributed by atoms with Crippen LogP contribution in [0.5, 0.6) is 0 Å². The topological polar surface area (TPSA) is 75.3 Å². The second-order valence-electron chi connectivity index (χ2n) is 3.50. The normalized spacial score (nSPS) is 13.7. The Morgan fingerprint density at radius 1 is 1.29 bits per heavy atom. The van der Waals surface area contributed by atoms with E-state index >= 15 is 0 Å². The minimum atomic E-state index is -0.429. The van der Waals surface area contributed by atoms with Crippen LogP contribution in [0.15, 0.2) is 24.3 Å². The molecule has 0 saturated heterocycles. The third-order valence-corrected chi connectivity index (χ3v) is 2.46. The summed E-state index contributed by atoms with van der Waals surface area (Å²) in [7, 11) is 1.51. The van der Waals surface area contributed by atoms with Gasteiger partial charge in [0, 0.05) is 13.1 Å². The molecular weight excluding hydrogens is 220 g/mol. The number of carbonyl (C=O) groups is 3. The van der Waals surface area contributed by atoms with Crippen molar-refractivity contribution in [1.82, 2.24) is 10.6 Å². The summed E-state index contributed by atoms with van der Waals surface area (Å²) in [5.74, 6) is -1.10. The Morgan fingerprint density at radius 2 is 2.06 bits per heavy atom. The number of amides is 3. The highest BCUT2D eigenvalue weighted by atomic mass is 16.2. The molecule has 0 bridgehead atoms. The van der Waals surface area contributed by atoms with Crippen molar-refractivity contribution in [2.45, 2.75) is 0 Å². The van der Waals surface area contributed by atoms with Gasteiger partial charge in [0.15, 0.2) is 0 Å². The van der Waals surface area contributed by atoms with Gasteiger partial charge < -0.3 is 5.32 Å². The number of imide groups is 1. The maximum atomic E-state index is 11.5. The van der Waals surface area contributed by atoms with E-state index in [2.05, 4.69) is 10.6 Å². The molecule has 0 radical (unpaired) electrons. The first-order valence-electron chi connectivity index (χ1n) is 5.02. The summed E-state index contributed by atoms with van der Waals surface area (Å²) in [4.78, 5) is 34.0. The molecule has 0 atom stereocenters. The molecule has 0 spiro atoms. The zero-order valence-corrected chi connectivity index (χ0v) is 9.11. The number of rotatable bonds is 2. The third-order valence-electron chi connectivity index (χ3n) is 2.46. The Hall–Kier alpha value is -2.43. The zero-order valence-electron chi connectivity index (χ0n) is 9.11. The molecule has 1 aliphatic rings. The predicted molar refractivity (Wildman–Crippen MR) is 61.3 cm³/mol. The number of carbonyl (C=O) groups excluding carboxylic acids is 3. The summed E-state index contributed by atoms with van der Waals surface area (Å²) in [6.45, 7) is 0. The molecule has 5 heteroatoms. The number of nitrogens with one attached hydrogen (secondary N) is 2. The Bertz CT molecular complexity index is 547. The molecule has 0 fully saturated rings. The van der Waals surface area contributed by atoms with Crippen LogP contribution in [0.4, 0.5) is 0 Å². The van der Waals surface area contributed by atoms with Crippen LogP contribution in [-0.2, 0) is 4.79 Å². The highest BCUT2D eigenvalue weighted by Crippen LogP contribution is 2.20. The molecule has 0 aromatic heterocycles. The molecule has 1 heterocycles. The molecule has 0 aliphatic carbocycles. The quantitative estimate of drug-likeness (QED) is 0.568. The first kappa shape index (κ1) is 11.1. The van der Waals surface area contributed by atoms with Crippen molar-refractivity contribution in [1.29, 1.82) is 0 Å². The van der Waals surface area contributed by atoms with E-state index in [4.69, 9.17) is 0 Å². The van der Waals surface area contributed by atoms with Gasteiger partial charge in [0.25, 0.3) is 11.8 Å². The standard InChI is InChI=1S/C12H10N2O3/c1-13-9(15)6-5-7-3-2-4-8-10(7)12(17)14-11(8)16/h2-6H,1H3,(H,13,15)(H,14,16,17). The number of likely N-dealkylation sites (N-methyl/N-ethyl adjacent to an activating group) is 1. The molecule has 2 N–H and O–H groups in total. The van der Waals surface area contributed by atoms with Crippen molar-refractivity contribution in [3.8, 4) is 0 Å². The summed E-state index contributed by atoms with van der Waals surface area (Å²) in [5, 5.41) is 4.64. The van der Waals surface area contributed by atoms with Crippen molar-refractivity contribution in [3.05, 3.63) is 41.0 Å². The van der Waals surface area contributed by atoms with Crippen LogP contribution in [0.25, 0.3) is 6.08 Å². The van der Waals surface area contributed by atoms with Gasteiger partial charge in [0.2, 0.25) is 5.91 Å². The summed E-state index contributed by atoms with van der Waals surface area (Å²) < 4.78 is 0. The Balaban J connectivity index is 2.44. The van der Waals surface area contributed by atoms with Gasteiger partial charge in [-0.25, -0.2) is 0 Å². The van der Waals surface area contributed by atoms with Gasteiger partial charge in [-0.1, -0.05) is 12.1 Å². The van der Waals surface area contributed by atoms with Crippen molar-refractivity contribution < 1.29 is 14.4 Å². The van der Waals surface area contributed by atoms with Gasteiger partial charge in [-0.2, -0.15) is 0 Å². The smallest absolute Gasteiger partial charge is 0.259 e. The molecule has 5 nitrogen and oxygen atoms in total. The van der Waals surface area contributed by atoms with Crippen LogP contribution in [-0.4, -0.2) is 24.8 Å². The van der Waals surface area contributed by atoms with E-state index in [1.807, 2.05) is 0 Å². The second kappa shape index (κ2) is 4.21. The van der Waals surface area contributed by atoms with Crippen molar-refractivity contribution in [3.63, 3.8) is 0 Å². The molecule has 2 rings (SSSR count). The van der Waals surface area contributed by atoms with Gasteiger partial charge in [-0.3, -0.25) is 19.7 Å². The lowest BCUT2D eigenvalue weighted by molar-refractivity contribution is -0.115.